The zero-order valence-corrected chi connectivity index (χ0v) is 16.0. The molecule has 0 bridgehead atoms. The number of rotatable bonds is 6. The molecule has 0 spiro atoms. The second-order valence-corrected chi connectivity index (χ2v) is 7.39. The highest BCUT2D eigenvalue weighted by atomic mass is 35.5. The third-order valence-electron chi connectivity index (χ3n) is 4.27. The summed E-state index contributed by atoms with van der Waals surface area (Å²) in [6, 6.07) is 5.30. The van der Waals surface area contributed by atoms with Gasteiger partial charge in [-0.15, -0.1) is 0 Å². The summed E-state index contributed by atoms with van der Waals surface area (Å²) in [5.41, 5.74) is 0.396. The lowest BCUT2D eigenvalue weighted by molar-refractivity contribution is -0.123. The van der Waals surface area contributed by atoms with Crippen LogP contribution in [0.3, 0.4) is 0 Å². The normalized spacial score (nSPS) is 15.7. The molecule has 5 nitrogen and oxygen atoms in total. The largest absolute Gasteiger partial charge is 0.352 e. The number of nitrogens with one attached hydrogen (secondary N) is 2. The summed E-state index contributed by atoms with van der Waals surface area (Å²) in [5, 5.41) is 6.54. The molecule has 0 atom stereocenters. The van der Waals surface area contributed by atoms with E-state index < -0.39 is 0 Å². The van der Waals surface area contributed by atoms with E-state index in [-0.39, 0.29) is 30.9 Å². The zero-order valence-electron chi connectivity index (χ0n) is 14.5. The van der Waals surface area contributed by atoms with Crippen LogP contribution in [0.4, 0.5) is 5.69 Å². The van der Waals surface area contributed by atoms with Gasteiger partial charge in [0, 0.05) is 6.04 Å². The molecular formula is C18H25Cl2N3O2. The summed E-state index contributed by atoms with van der Waals surface area (Å²) in [5.74, 6) is -0.308. The minimum absolute atomic E-state index is 0.0435. The first-order valence-electron chi connectivity index (χ1n) is 8.67. The summed E-state index contributed by atoms with van der Waals surface area (Å²) in [4.78, 5) is 26.0. The molecule has 7 heteroatoms. The number of hydrogen-bond donors (Lipinski definition) is 2. The van der Waals surface area contributed by atoms with Crippen molar-refractivity contribution in [3.05, 3.63) is 28.2 Å². The first-order valence-corrected chi connectivity index (χ1v) is 9.43. The van der Waals surface area contributed by atoms with Crippen molar-refractivity contribution in [2.75, 3.05) is 25.5 Å². The molecule has 2 amide bonds. The van der Waals surface area contributed by atoms with E-state index in [1.165, 1.54) is 25.7 Å². The maximum absolute atomic E-state index is 12.2. The molecule has 138 valence electrons. The van der Waals surface area contributed by atoms with E-state index in [9.17, 15) is 9.59 Å². The van der Waals surface area contributed by atoms with Crippen LogP contribution in [0.25, 0.3) is 0 Å². The Morgan fingerprint density at radius 2 is 1.60 bits per heavy atom. The standard InChI is InChI=1S/C18H25Cl2N3O2/c1-23(11-16(24)21-13-7-4-2-3-5-8-13)12-17(25)22-18-14(19)9-6-10-15(18)20/h6,9-10,13H,2-5,7-8,11-12H2,1H3,(H,21,24)(H,22,25). The topological polar surface area (TPSA) is 61.4 Å². The van der Waals surface area contributed by atoms with Crippen molar-refractivity contribution in [3.8, 4) is 0 Å². The van der Waals surface area contributed by atoms with Gasteiger partial charge in [-0.25, -0.2) is 0 Å². The Balaban J connectivity index is 1.77. The highest BCUT2D eigenvalue weighted by Gasteiger charge is 2.17. The number of para-hydroxylation sites is 1. The average molecular weight is 386 g/mol. The van der Waals surface area contributed by atoms with Crippen molar-refractivity contribution >= 4 is 40.7 Å². The summed E-state index contributed by atoms with van der Waals surface area (Å²) >= 11 is 12.1. The summed E-state index contributed by atoms with van der Waals surface area (Å²) < 4.78 is 0. The molecule has 1 saturated carbocycles. The van der Waals surface area contributed by atoms with E-state index in [2.05, 4.69) is 10.6 Å². The number of carbonyl (C=O) groups is 2. The number of carbonyl (C=O) groups excluding carboxylic acids is 2. The lowest BCUT2D eigenvalue weighted by atomic mass is 10.1. The van der Waals surface area contributed by atoms with Crippen LogP contribution in [0, 0.1) is 0 Å². The molecule has 1 aromatic carbocycles. The number of halogens is 2. The number of hydrogen-bond acceptors (Lipinski definition) is 3. The van der Waals surface area contributed by atoms with Crippen LogP contribution in [-0.4, -0.2) is 42.9 Å². The number of nitrogens with zero attached hydrogens (tertiary/aromatic N) is 1. The van der Waals surface area contributed by atoms with Gasteiger partial charge in [0.05, 0.1) is 28.8 Å². The molecule has 25 heavy (non-hydrogen) atoms. The van der Waals surface area contributed by atoms with Gasteiger partial charge in [-0.1, -0.05) is 55.0 Å². The first-order chi connectivity index (χ1) is 12.0. The maximum Gasteiger partial charge on any atom is 0.238 e. The van der Waals surface area contributed by atoms with Crippen LogP contribution in [0.15, 0.2) is 18.2 Å². The van der Waals surface area contributed by atoms with Gasteiger partial charge in [0.2, 0.25) is 11.8 Å². The Hall–Kier alpha value is -1.30. The summed E-state index contributed by atoms with van der Waals surface area (Å²) in [6.45, 7) is 0.264. The average Bonchev–Trinajstić information content (AvgIpc) is 2.79. The molecule has 0 heterocycles. The maximum atomic E-state index is 12.2. The molecule has 1 aromatic rings. The van der Waals surface area contributed by atoms with Gasteiger partial charge in [0.25, 0.3) is 0 Å². The lowest BCUT2D eigenvalue weighted by Gasteiger charge is -2.20. The smallest absolute Gasteiger partial charge is 0.238 e. The molecule has 0 aliphatic heterocycles. The van der Waals surface area contributed by atoms with E-state index in [4.69, 9.17) is 23.2 Å². The SMILES string of the molecule is CN(CC(=O)Nc1c(Cl)cccc1Cl)CC(=O)NC1CCCCCC1. The molecule has 2 rings (SSSR count). The molecule has 1 aliphatic carbocycles. The zero-order chi connectivity index (χ0) is 18.2. The van der Waals surface area contributed by atoms with Crippen LogP contribution in [0.5, 0.6) is 0 Å². The molecule has 1 aliphatic rings. The van der Waals surface area contributed by atoms with Crippen molar-refractivity contribution in [1.29, 1.82) is 0 Å². The van der Waals surface area contributed by atoms with E-state index in [0.29, 0.717) is 15.7 Å². The highest BCUT2D eigenvalue weighted by Crippen LogP contribution is 2.29. The van der Waals surface area contributed by atoms with Crippen LogP contribution in [0.1, 0.15) is 38.5 Å². The predicted octanol–water partition coefficient (Wildman–Crippen LogP) is 3.70. The van der Waals surface area contributed by atoms with Gasteiger partial charge >= 0.3 is 0 Å². The van der Waals surface area contributed by atoms with Crippen LogP contribution in [0.2, 0.25) is 10.0 Å². The van der Waals surface area contributed by atoms with E-state index in [0.717, 1.165) is 12.8 Å². The second kappa shape index (κ2) is 10.00. The fourth-order valence-corrected chi connectivity index (χ4v) is 3.53. The molecule has 0 saturated heterocycles. The van der Waals surface area contributed by atoms with Crippen LogP contribution >= 0.6 is 23.2 Å². The third-order valence-corrected chi connectivity index (χ3v) is 4.90. The Bertz CT molecular complexity index is 582. The van der Waals surface area contributed by atoms with Gasteiger partial charge in [-0.05, 0) is 32.0 Å². The number of benzene rings is 1. The second-order valence-electron chi connectivity index (χ2n) is 6.57. The first kappa shape index (κ1) is 20.0. The van der Waals surface area contributed by atoms with E-state index in [1.807, 2.05) is 0 Å². The van der Waals surface area contributed by atoms with E-state index in [1.54, 1.807) is 30.1 Å². The van der Waals surface area contributed by atoms with Gasteiger partial charge in [0.1, 0.15) is 0 Å². The molecule has 0 unspecified atom stereocenters. The summed E-state index contributed by atoms with van der Waals surface area (Å²) in [6.07, 6.45) is 6.92. The van der Waals surface area contributed by atoms with Crippen molar-refractivity contribution in [1.82, 2.24) is 10.2 Å². The van der Waals surface area contributed by atoms with Crippen molar-refractivity contribution in [2.24, 2.45) is 0 Å². The third kappa shape index (κ3) is 6.84. The number of likely N-dealkylation sites (N-methyl/N-ethyl adjacent to an activating group) is 1. The highest BCUT2D eigenvalue weighted by molar-refractivity contribution is 6.39. The Kier molecular flexibility index (Phi) is 8.00. The van der Waals surface area contributed by atoms with Crippen LogP contribution in [-0.2, 0) is 9.59 Å². The molecular weight excluding hydrogens is 361 g/mol. The van der Waals surface area contributed by atoms with Gasteiger partial charge in [0.15, 0.2) is 0 Å². The molecule has 1 fully saturated rings. The van der Waals surface area contributed by atoms with E-state index >= 15 is 0 Å². The molecule has 0 radical (unpaired) electrons. The molecule has 0 aromatic heterocycles. The Labute approximate surface area is 159 Å². The van der Waals surface area contributed by atoms with Gasteiger partial charge in [-0.3, -0.25) is 14.5 Å². The quantitative estimate of drug-likeness (QED) is 0.733. The lowest BCUT2D eigenvalue weighted by Crippen LogP contribution is -2.42. The number of anilines is 1. The van der Waals surface area contributed by atoms with Gasteiger partial charge < -0.3 is 10.6 Å². The van der Waals surface area contributed by atoms with Gasteiger partial charge in [-0.2, -0.15) is 0 Å². The monoisotopic (exact) mass is 385 g/mol. The van der Waals surface area contributed by atoms with Crippen LogP contribution < -0.4 is 10.6 Å². The van der Waals surface area contributed by atoms with Crippen molar-refractivity contribution in [3.63, 3.8) is 0 Å². The predicted molar refractivity (Wildman–Crippen MR) is 102 cm³/mol. The molecule has 2 N–H and O–H groups in total. The minimum atomic E-state index is -0.264. The van der Waals surface area contributed by atoms with Crippen molar-refractivity contribution in [2.45, 2.75) is 44.6 Å². The Morgan fingerprint density at radius 1 is 1.04 bits per heavy atom. The number of amides is 2. The summed E-state index contributed by atoms with van der Waals surface area (Å²) in [7, 11) is 1.74. The fraction of sp³-hybridized carbons (Fsp3) is 0.556. The fourth-order valence-electron chi connectivity index (χ4n) is 3.04. The van der Waals surface area contributed by atoms with Crippen molar-refractivity contribution < 1.29 is 9.59 Å². The minimum Gasteiger partial charge on any atom is -0.352 e. The Morgan fingerprint density at radius 3 is 2.20 bits per heavy atom.